The minimum atomic E-state index is -0.666. The second kappa shape index (κ2) is 70.6. The van der Waals surface area contributed by atoms with Crippen LogP contribution in [0.1, 0.15) is 406 Å². The van der Waals surface area contributed by atoms with Crippen molar-refractivity contribution in [3.8, 4) is 0 Å². The normalized spacial score (nSPS) is 12.7. The number of amides is 1. The van der Waals surface area contributed by atoms with Gasteiger partial charge in [0.15, 0.2) is 0 Å². The van der Waals surface area contributed by atoms with Gasteiger partial charge in [0.1, 0.15) is 0 Å². The van der Waals surface area contributed by atoms with Crippen molar-refractivity contribution in [2.45, 2.75) is 418 Å². The maximum Gasteiger partial charge on any atom is 0.305 e. The molecule has 0 aliphatic heterocycles. The first-order valence-corrected chi connectivity index (χ1v) is 36.7. The summed E-state index contributed by atoms with van der Waals surface area (Å²) in [5, 5.41) is 23.4. The lowest BCUT2D eigenvalue weighted by molar-refractivity contribution is -0.143. The molecule has 0 radical (unpaired) electrons. The molecule has 3 N–H and O–H groups in total. The van der Waals surface area contributed by atoms with Crippen molar-refractivity contribution in [2.75, 3.05) is 13.2 Å². The van der Waals surface area contributed by atoms with E-state index in [1.165, 1.54) is 321 Å². The summed E-state index contributed by atoms with van der Waals surface area (Å²) in [6.07, 6.45) is 90.6. The summed E-state index contributed by atoms with van der Waals surface area (Å²) in [5.41, 5.74) is 0. The molecule has 0 aromatic heterocycles. The van der Waals surface area contributed by atoms with Crippen molar-refractivity contribution in [3.63, 3.8) is 0 Å². The quantitative estimate of drug-likeness (QED) is 0.0320. The van der Waals surface area contributed by atoms with Crippen molar-refractivity contribution in [3.05, 3.63) is 36.5 Å². The predicted octanol–water partition coefficient (Wildman–Crippen LogP) is 23.9. The second-order valence-corrected chi connectivity index (χ2v) is 25.3. The molecule has 1 amide bonds. The zero-order chi connectivity index (χ0) is 58.5. The van der Waals surface area contributed by atoms with E-state index < -0.39 is 12.1 Å². The summed E-state index contributed by atoms with van der Waals surface area (Å²) in [6, 6.07) is -0.543. The Labute approximate surface area is 506 Å². The first kappa shape index (κ1) is 79.1. The van der Waals surface area contributed by atoms with Crippen LogP contribution in [0.3, 0.4) is 0 Å². The highest BCUT2D eigenvalue weighted by atomic mass is 16.5. The van der Waals surface area contributed by atoms with Gasteiger partial charge in [0.05, 0.1) is 25.4 Å². The maximum atomic E-state index is 12.5. The lowest BCUT2D eigenvalue weighted by atomic mass is 10.0. The predicted molar refractivity (Wildman–Crippen MR) is 356 cm³/mol. The number of aliphatic hydroxyl groups is 2. The largest absolute Gasteiger partial charge is 0.466 e. The van der Waals surface area contributed by atoms with E-state index in [2.05, 4.69) is 55.6 Å². The van der Waals surface area contributed by atoms with E-state index in [1.807, 2.05) is 0 Å². The summed E-state index contributed by atoms with van der Waals surface area (Å²) in [7, 11) is 0. The SMILES string of the molecule is CCCCCCCCC/C=C\CCCCCCCCCC(=O)OCCCCCCCCCCC/C=C\C/C=C\CCCCCCCCCCCCCCCC(=O)NC(CO)C(O)CCCCCCCCCCCCCCCCCCC. The fourth-order valence-corrected chi connectivity index (χ4v) is 11.6. The van der Waals surface area contributed by atoms with Gasteiger partial charge in [0.25, 0.3) is 0 Å². The molecule has 81 heavy (non-hydrogen) atoms. The number of hydrogen-bond donors (Lipinski definition) is 3. The number of aliphatic hydroxyl groups excluding tert-OH is 2. The molecular weight excluding hydrogens is 995 g/mol. The Balaban J connectivity index is 3.39. The lowest BCUT2D eigenvalue weighted by Crippen LogP contribution is -2.45. The monoisotopic (exact) mass is 1140 g/mol. The number of unbranched alkanes of at least 4 members (excludes halogenated alkanes) is 52. The smallest absolute Gasteiger partial charge is 0.305 e. The summed E-state index contributed by atoms with van der Waals surface area (Å²) >= 11 is 0. The average Bonchev–Trinajstić information content (AvgIpc) is 3.47. The third-order valence-electron chi connectivity index (χ3n) is 17.2. The highest BCUT2D eigenvalue weighted by molar-refractivity contribution is 5.76. The van der Waals surface area contributed by atoms with Crippen LogP contribution in [0, 0.1) is 0 Å². The standard InChI is InChI=1S/C75H143NO5/c1-3-5-7-9-11-13-15-17-19-21-37-41-45-49-53-57-61-65-69-75(80)81-70-66-62-58-54-50-46-42-38-34-32-30-28-26-24-22-23-25-27-29-31-33-36-40-44-48-52-56-60-64-68-74(79)76-72(71-77)73(78)67-63-59-55-51-47-43-39-35-20-18-16-14-12-10-8-6-4-2/h19,21-22,24,28,30,72-73,77-78H,3-18,20,23,25-27,29,31-71H2,1-2H3,(H,76,79)/b21-19-,24-22-,30-28-. The summed E-state index contributed by atoms with van der Waals surface area (Å²) in [5.74, 6) is -0.0230. The minimum Gasteiger partial charge on any atom is -0.466 e. The van der Waals surface area contributed by atoms with Gasteiger partial charge in [-0.05, 0) is 83.5 Å². The van der Waals surface area contributed by atoms with E-state index in [4.69, 9.17) is 4.74 Å². The van der Waals surface area contributed by atoms with Crippen LogP contribution in [0.5, 0.6) is 0 Å². The van der Waals surface area contributed by atoms with Crippen LogP contribution in [-0.2, 0) is 14.3 Å². The fraction of sp³-hybridized carbons (Fsp3) is 0.893. The summed E-state index contributed by atoms with van der Waals surface area (Å²) in [4.78, 5) is 24.6. The van der Waals surface area contributed by atoms with Crippen molar-refractivity contribution < 1.29 is 24.5 Å². The lowest BCUT2D eigenvalue weighted by Gasteiger charge is -2.22. The van der Waals surface area contributed by atoms with Gasteiger partial charge >= 0.3 is 5.97 Å². The molecule has 0 rings (SSSR count). The molecule has 0 bridgehead atoms. The number of nitrogens with one attached hydrogen (secondary N) is 1. The highest BCUT2D eigenvalue weighted by Crippen LogP contribution is 2.19. The summed E-state index contributed by atoms with van der Waals surface area (Å²) < 4.78 is 5.50. The van der Waals surface area contributed by atoms with Gasteiger partial charge in [0.2, 0.25) is 5.91 Å². The summed E-state index contributed by atoms with van der Waals surface area (Å²) in [6.45, 7) is 4.98. The minimum absolute atomic E-state index is 0.00972. The maximum absolute atomic E-state index is 12.5. The van der Waals surface area contributed by atoms with Gasteiger partial charge in [-0.3, -0.25) is 9.59 Å². The molecule has 0 aliphatic carbocycles. The van der Waals surface area contributed by atoms with Crippen molar-refractivity contribution in [2.24, 2.45) is 0 Å². The molecule has 0 aromatic carbocycles. The van der Waals surface area contributed by atoms with Crippen LogP contribution in [0.25, 0.3) is 0 Å². The molecule has 0 fully saturated rings. The van der Waals surface area contributed by atoms with Gasteiger partial charge in [0, 0.05) is 12.8 Å². The van der Waals surface area contributed by atoms with Crippen molar-refractivity contribution in [1.82, 2.24) is 5.32 Å². The Kier molecular flexibility index (Phi) is 68.9. The van der Waals surface area contributed by atoms with Gasteiger partial charge in [-0.15, -0.1) is 0 Å². The molecule has 2 unspecified atom stereocenters. The molecule has 0 saturated carbocycles. The van der Waals surface area contributed by atoms with Gasteiger partial charge < -0.3 is 20.3 Å². The Bertz CT molecular complexity index is 1310. The average molecular weight is 1140 g/mol. The Hall–Kier alpha value is -1.92. The molecule has 6 heteroatoms. The zero-order valence-electron chi connectivity index (χ0n) is 54.8. The molecule has 478 valence electrons. The first-order chi connectivity index (χ1) is 40.0. The van der Waals surface area contributed by atoms with E-state index in [9.17, 15) is 19.8 Å². The molecule has 2 atom stereocenters. The van der Waals surface area contributed by atoms with Gasteiger partial charge in [-0.2, -0.15) is 0 Å². The van der Waals surface area contributed by atoms with Gasteiger partial charge in [-0.1, -0.05) is 346 Å². The van der Waals surface area contributed by atoms with Crippen LogP contribution in [0.2, 0.25) is 0 Å². The third-order valence-corrected chi connectivity index (χ3v) is 17.2. The van der Waals surface area contributed by atoms with Crippen LogP contribution >= 0.6 is 0 Å². The molecular formula is C75H143NO5. The molecule has 6 nitrogen and oxygen atoms in total. The fourth-order valence-electron chi connectivity index (χ4n) is 11.6. The molecule has 0 saturated heterocycles. The van der Waals surface area contributed by atoms with Crippen LogP contribution in [0.15, 0.2) is 36.5 Å². The van der Waals surface area contributed by atoms with E-state index in [0.717, 1.165) is 51.4 Å². The van der Waals surface area contributed by atoms with E-state index in [1.54, 1.807) is 0 Å². The van der Waals surface area contributed by atoms with Crippen LogP contribution < -0.4 is 5.32 Å². The second-order valence-electron chi connectivity index (χ2n) is 25.3. The number of rotatable bonds is 69. The van der Waals surface area contributed by atoms with E-state index in [0.29, 0.717) is 25.9 Å². The van der Waals surface area contributed by atoms with Gasteiger partial charge in [-0.25, -0.2) is 0 Å². The van der Waals surface area contributed by atoms with Crippen molar-refractivity contribution >= 4 is 11.9 Å². The number of carbonyl (C=O) groups excluding carboxylic acids is 2. The molecule has 0 aromatic rings. The highest BCUT2D eigenvalue weighted by Gasteiger charge is 2.20. The van der Waals surface area contributed by atoms with Crippen molar-refractivity contribution in [1.29, 1.82) is 0 Å². The molecule has 0 spiro atoms. The first-order valence-electron chi connectivity index (χ1n) is 36.7. The third kappa shape index (κ3) is 67.1. The Morgan fingerprint density at radius 3 is 0.951 bits per heavy atom. The number of carbonyl (C=O) groups is 2. The number of ether oxygens (including phenoxy) is 1. The number of allylic oxidation sites excluding steroid dienone is 6. The Morgan fingerprint density at radius 1 is 0.346 bits per heavy atom. The molecule has 0 aliphatic rings. The zero-order valence-corrected chi connectivity index (χ0v) is 54.8. The topological polar surface area (TPSA) is 95.9 Å². The van der Waals surface area contributed by atoms with E-state index in [-0.39, 0.29) is 18.5 Å². The van der Waals surface area contributed by atoms with Crippen LogP contribution in [0.4, 0.5) is 0 Å². The van der Waals surface area contributed by atoms with E-state index >= 15 is 0 Å². The molecule has 0 heterocycles. The number of esters is 1. The number of hydrogen-bond acceptors (Lipinski definition) is 5. The Morgan fingerprint density at radius 2 is 0.617 bits per heavy atom. The van der Waals surface area contributed by atoms with Crippen LogP contribution in [-0.4, -0.2) is 47.4 Å².